The van der Waals surface area contributed by atoms with Crippen molar-refractivity contribution in [2.75, 3.05) is 19.0 Å². The molecule has 1 nitrogen and oxygen atoms in total. The monoisotopic (exact) mass is 476 g/mol. The first-order valence-electron chi connectivity index (χ1n) is 9.22. The molecule has 2 aliphatic rings. The van der Waals surface area contributed by atoms with E-state index in [1.807, 2.05) is 0 Å². The molecule has 0 spiro atoms. The van der Waals surface area contributed by atoms with Gasteiger partial charge in [0.25, 0.3) is 0 Å². The summed E-state index contributed by atoms with van der Waals surface area (Å²) in [6, 6.07) is 16.1. The molecule has 4 rings (SSSR count). The minimum atomic E-state index is -1.87. The predicted octanol–water partition coefficient (Wildman–Crippen LogP) is 0.121. The van der Waals surface area contributed by atoms with Crippen molar-refractivity contribution in [3.8, 4) is 11.1 Å². The van der Waals surface area contributed by atoms with Crippen LogP contribution in [0.1, 0.15) is 35.0 Å². The van der Waals surface area contributed by atoms with Gasteiger partial charge in [0, 0.05) is 0 Å². The number of halogens is 2. The van der Waals surface area contributed by atoms with Gasteiger partial charge in [-0.25, -0.2) is 0 Å². The molecule has 141 valence electrons. The maximum absolute atomic E-state index is 2.46. The number of benzene rings is 2. The van der Waals surface area contributed by atoms with Crippen molar-refractivity contribution >= 4 is 5.69 Å². The molecule has 1 unspecified atom stereocenters. The van der Waals surface area contributed by atoms with E-state index in [9.17, 15) is 0 Å². The Kier molecular flexibility index (Phi) is 7.59. The fraction of sp³-hybridized carbons (Fsp3) is 0.304. The van der Waals surface area contributed by atoms with Gasteiger partial charge in [-0.3, -0.25) is 0 Å². The Morgan fingerprint density at radius 3 is 2.30 bits per heavy atom. The van der Waals surface area contributed by atoms with Crippen molar-refractivity contribution in [1.82, 2.24) is 0 Å². The van der Waals surface area contributed by atoms with Gasteiger partial charge in [-0.1, -0.05) is 0 Å². The van der Waals surface area contributed by atoms with Crippen molar-refractivity contribution < 1.29 is 46.6 Å². The number of anilines is 1. The Labute approximate surface area is 184 Å². The van der Waals surface area contributed by atoms with E-state index in [1.54, 1.807) is 14.4 Å². The van der Waals surface area contributed by atoms with Gasteiger partial charge in [-0.05, 0) is 0 Å². The Morgan fingerprint density at radius 2 is 1.67 bits per heavy atom. The van der Waals surface area contributed by atoms with Gasteiger partial charge in [-0.15, -0.1) is 0 Å². The second-order valence-electron chi connectivity index (χ2n) is 7.59. The average molecular weight is 479 g/mol. The fourth-order valence-electron chi connectivity index (χ4n) is 4.49. The van der Waals surface area contributed by atoms with E-state index in [4.69, 9.17) is 0 Å². The summed E-state index contributed by atoms with van der Waals surface area (Å²) in [6.07, 6.45) is 8.24. The van der Waals surface area contributed by atoms with Crippen molar-refractivity contribution in [1.29, 1.82) is 0 Å². The van der Waals surface area contributed by atoms with Crippen LogP contribution in [0.3, 0.4) is 0 Å². The van der Waals surface area contributed by atoms with Crippen LogP contribution in [-0.4, -0.2) is 14.1 Å². The van der Waals surface area contributed by atoms with Crippen LogP contribution in [0.5, 0.6) is 0 Å². The Bertz CT molecular complexity index is 870. The largest absolute Gasteiger partial charge is 1.00 e. The van der Waals surface area contributed by atoms with E-state index in [-0.39, 0.29) is 24.8 Å². The van der Waals surface area contributed by atoms with Crippen LogP contribution in [0.2, 0.25) is 3.63 Å². The number of nitrogens with zero attached hydrogens (tertiary/aromatic N) is 1. The normalized spacial score (nSPS) is 16.2. The standard InChI is InChI=1S/C15H14N.C5H5.C3H7.2ClH.Zr/c1-16(2)14-9-5-7-12-10-11-6-3-4-8-13(11)15(12)14;1-2-4-5-3-1;1-3-2;;;/h3-10H,1-2H3;1-3H,4H2;3H,1-2H3;2*1H;/q;;;;;+2/p-2. The topological polar surface area (TPSA) is 3.24 Å². The van der Waals surface area contributed by atoms with E-state index >= 15 is 0 Å². The molecule has 0 fully saturated rings. The summed E-state index contributed by atoms with van der Waals surface area (Å²) >= 11 is -1.87. The van der Waals surface area contributed by atoms with Crippen LogP contribution in [0.15, 0.2) is 64.0 Å². The number of fused-ring (bicyclic) bond motifs is 3. The molecule has 2 aromatic carbocycles. The van der Waals surface area contributed by atoms with Crippen molar-refractivity contribution in [3.05, 3.63) is 75.1 Å². The predicted molar refractivity (Wildman–Crippen MR) is 105 cm³/mol. The van der Waals surface area contributed by atoms with Crippen LogP contribution in [0.4, 0.5) is 5.69 Å². The van der Waals surface area contributed by atoms with E-state index in [2.05, 4.69) is 93.5 Å². The van der Waals surface area contributed by atoms with Gasteiger partial charge in [0.2, 0.25) is 0 Å². The number of rotatable bonds is 4. The van der Waals surface area contributed by atoms with Crippen LogP contribution in [0.25, 0.3) is 11.1 Å². The molecular weight excluding hydrogens is 452 g/mol. The zero-order valence-electron chi connectivity index (χ0n) is 16.3. The molecule has 0 bridgehead atoms. The summed E-state index contributed by atoms with van der Waals surface area (Å²) in [5, 5.41) is 0. The third-order valence-corrected chi connectivity index (χ3v) is 14.3. The Hall–Kier alpha value is -0.817. The number of allylic oxidation sites excluding steroid dienone is 4. The first kappa shape index (κ1) is 22.5. The smallest absolute Gasteiger partial charge is 1.00 e. The summed E-state index contributed by atoms with van der Waals surface area (Å²) in [6.45, 7) is 4.93. The molecule has 0 saturated carbocycles. The Balaban J connectivity index is 0.00000131. The molecule has 4 heteroatoms. The second kappa shape index (κ2) is 9.12. The summed E-state index contributed by atoms with van der Waals surface area (Å²) in [4.78, 5) is 2.27. The van der Waals surface area contributed by atoms with Crippen LogP contribution in [0, 0.1) is 0 Å². The zero-order valence-corrected chi connectivity index (χ0v) is 20.3. The molecule has 0 aliphatic heterocycles. The van der Waals surface area contributed by atoms with Gasteiger partial charge >= 0.3 is 160 Å². The molecular formula is C23H26Cl2NZr. The first-order chi connectivity index (χ1) is 12.1. The van der Waals surface area contributed by atoms with E-state index in [0.717, 1.165) is 3.63 Å². The molecule has 0 saturated heterocycles. The number of hydrogen-bond acceptors (Lipinski definition) is 1. The SMILES string of the molecule is C[CH](C)[Zr+2]([C]1=CC=CC1)[CH]1c2ccccc2-c2c1cccc2N(C)C.[Cl-].[Cl-]. The van der Waals surface area contributed by atoms with Gasteiger partial charge in [-0.2, -0.15) is 0 Å². The fourth-order valence-corrected chi connectivity index (χ4v) is 13.3. The molecule has 1 atom stereocenters. The minimum Gasteiger partial charge on any atom is -1.00 e. The van der Waals surface area contributed by atoms with Crippen LogP contribution >= 0.6 is 0 Å². The van der Waals surface area contributed by atoms with Crippen LogP contribution in [-0.2, 0) is 21.8 Å². The maximum Gasteiger partial charge on any atom is -1.00 e. The molecule has 0 radical (unpaired) electrons. The molecule has 27 heavy (non-hydrogen) atoms. The van der Waals surface area contributed by atoms with Crippen molar-refractivity contribution in [2.24, 2.45) is 0 Å². The van der Waals surface area contributed by atoms with Gasteiger partial charge in [0.05, 0.1) is 0 Å². The summed E-state index contributed by atoms with van der Waals surface area (Å²) in [5.74, 6) is 0. The quantitative estimate of drug-likeness (QED) is 0.604. The maximum atomic E-state index is 2.46. The molecule has 2 aliphatic carbocycles. The van der Waals surface area contributed by atoms with Gasteiger partial charge in [0.15, 0.2) is 0 Å². The second-order valence-corrected chi connectivity index (χ2v) is 15.7. The van der Waals surface area contributed by atoms with E-state index in [1.165, 1.54) is 23.2 Å². The molecule has 2 aromatic rings. The molecule has 0 heterocycles. The third kappa shape index (κ3) is 3.86. The summed E-state index contributed by atoms with van der Waals surface area (Å²) < 4.78 is 3.24. The summed E-state index contributed by atoms with van der Waals surface area (Å²) in [5.41, 5.74) is 7.49. The minimum absolute atomic E-state index is 0. The Morgan fingerprint density at radius 1 is 0.963 bits per heavy atom. The molecule has 0 aromatic heterocycles. The molecule has 0 amide bonds. The summed E-state index contributed by atoms with van der Waals surface area (Å²) in [7, 11) is 4.33. The van der Waals surface area contributed by atoms with E-state index < -0.39 is 21.8 Å². The van der Waals surface area contributed by atoms with Crippen molar-refractivity contribution in [2.45, 2.75) is 27.5 Å². The third-order valence-electron chi connectivity index (χ3n) is 5.48. The first-order valence-corrected chi connectivity index (χ1v) is 13.3. The van der Waals surface area contributed by atoms with Gasteiger partial charge < -0.3 is 24.8 Å². The number of hydrogen-bond donors (Lipinski definition) is 0. The van der Waals surface area contributed by atoms with Crippen LogP contribution < -0.4 is 29.7 Å². The zero-order chi connectivity index (χ0) is 17.6. The van der Waals surface area contributed by atoms with Gasteiger partial charge in [0.1, 0.15) is 0 Å². The average Bonchev–Trinajstić information content (AvgIpc) is 3.22. The van der Waals surface area contributed by atoms with E-state index in [0.29, 0.717) is 3.63 Å². The molecule has 0 N–H and O–H groups in total. The van der Waals surface area contributed by atoms with Crippen molar-refractivity contribution in [3.63, 3.8) is 0 Å².